The first-order chi connectivity index (χ1) is 11.9. The second-order valence-corrected chi connectivity index (χ2v) is 7.50. The Morgan fingerprint density at radius 3 is 2.00 bits per heavy atom. The van der Waals surface area contributed by atoms with Crippen molar-refractivity contribution < 1.29 is 19.7 Å². The Morgan fingerprint density at radius 1 is 1.04 bits per heavy atom. The zero-order chi connectivity index (χ0) is 17.8. The molecule has 0 spiro atoms. The molecule has 0 saturated heterocycles. The zero-order valence-corrected chi connectivity index (χ0v) is 14.4. The van der Waals surface area contributed by atoms with Crippen LogP contribution in [0.5, 0.6) is 0 Å². The molecule has 0 aliphatic heterocycles. The number of benzene rings is 2. The molecule has 1 unspecified atom stereocenters. The first kappa shape index (κ1) is 16.3. The Balaban J connectivity index is 1.89. The maximum Gasteiger partial charge on any atom is 0.312 e. The predicted octanol–water partition coefficient (Wildman–Crippen LogP) is 2.69. The fraction of sp³-hybridized carbons (Fsp3) is 0.381. The molecule has 0 amide bonds. The molecule has 4 heteroatoms. The average Bonchev–Trinajstić information content (AvgIpc) is 2.62. The van der Waals surface area contributed by atoms with E-state index in [1.807, 2.05) is 50.2 Å². The highest BCUT2D eigenvalue weighted by atomic mass is 16.5. The number of carbonyl (C=O) groups excluding carboxylic acids is 1. The van der Waals surface area contributed by atoms with Crippen molar-refractivity contribution in [3.8, 4) is 0 Å². The summed E-state index contributed by atoms with van der Waals surface area (Å²) in [7, 11) is 0. The van der Waals surface area contributed by atoms with Gasteiger partial charge in [0.05, 0.1) is 12.5 Å². The van der Waals surface area contributed by atoms with E-state index in [9.17, 15) is 15.0 Å². The highest BCUT2D eigenvalue weighted by Crippen LogP contribution is 2.59. The van der Waals surface area contributed by atoms with Crippen molar-refractivity contribution in [3.05, 3.63) is 70.8 Å². The van der Waals surface area contributed by atoms with E-state index in [4.69, 9.17) is 4.74 Å². The van der Waals surface area contributed by atoms with Crippen molar-refractivity contribution in [2.75, 3.05) is 6.61 Å². The van der Waals surface area contributed by atoms with Crippen LogP contribution < -0.4 is 0 Å². The summed E-state index contributed by atoms with van der Waals surface area (Å²) in [6.45, 7) is 4.23. The smallest absolute Gasteiger partial charge is 0.312 e. The molecular formula is C21H22O4. The van der Waals surface area contributed by atoms with Gasteiger partial charge < -0.3 is 14.9 Å². The lowest BCUT2D eigenvalue weighted by Crippen LogP contribution is -2.57. The molecule has 0 radical (unpaired) electrons. The Hall–Kier alpha value is -2.17. The van der Waals surface area contributed by atoms with Crippen molar-refractivity contribution in [1.82, 2.24) is 0 Å². The number of fused-ring (bicyclic) bond motifs is 1. The van der Waals surface area contributed by atoms with E-state index in [-0.39, 0.29) is 12.3 Å². The van der Waals surface area contributed by atoms with Gasteiger partial charge in [0, 0.05) is 6.42 Å². The van der Waals surface area contributed by atoms with E-state index in [0.717, 1.165) is 0 Å². The van der Waals surface area contributed by atoms with Crippen LogP contribution >= 0.6 is 0 Å². The van der Waals surface area contributed by atoms with Gasteiger partial charge in [-0.15, -0.1) is 0 Å². The molecule has 3 aliphatic rings. The maximum atomic E-state index is 12.8. The summed E-state index contributed by atoms with van der Waals surface area (Å²) in [5, 5.41) is 23.2. The first-order valence-electron chi connectivity index (χ1n) is 8.70. The topological polar surface area (TPSA) is 66.8 Å². The molecule has 25 heavy (non-hydrogen) atoms. The minimum atomic E-state index is -1.48. The van der Waals surface area contributed by atoms with Crippen LogP contribution in [0.4, 0.5) is 0 Å². The molecule has 2 aromatic rings. The fourth-order valence-electron chi connectivity index (χ4n) is 4.28. The number of hydrogen-bond donors (Lipinski definition) is 2. The summed E-state index contributed by atoms with van der Waals surface area (Å²) in [6, 6.07) is 14.6. The van der Waals surface area contributed by atoms with Crippen molar-refractivity contribution in [2.24, 2.45) is 11.8 Å². The van der Waals surface area contributed by atoms with Crippen LogP contribution in [0.2, 0.25) is 0 Å². The molecule has 5 rings (SSSR count). The Labute approximate surface area is 147 Å². The molecule has 0 saturated carbocycles. The summed E-state index contributed by atoms with van der Waals surface area (Å²) in [4.78, 5) is 12.8. The third-order valence-electron chi connectivity index (χ3n) is 5.41. The lowest BCUT2D eigenvalue weighted by molar-refractivity contribution is -0.167. The van der Waals surface area contributed by atoms with Crippen LogP contribution in [0.15, 0.2) is 48.5 Å². The quantitative estimate of drug-likeness (QED) is 0.845. The number of aliphatic hydroxyl groups is 2. The largest absolute Gasteiger partial charge is 0.465 e. The number of carbonyl (C=O) groups is 1. The van der Waals surface area contributed by atoms with Crippen LogP contribution in [-0.2, 0) is 20.7 Å². The Kier molecular flexibility index (Phi) is 3.53. The molecule has 1 atom stereocenters. The molecule has 130 valence electrons. The molecule has 4 nitrogen and oxygen atoms in total. The summed E-state index contributed by atoms with van der Waals surface area (Å²) < 4.78 is 5.43. The third kappa shape index (κ3) is 2.11. The molecular weight excluding hydrogens is 316 g/mol. The molecule has 2 aromatic carbocycles. The molecule has 0 fully saturated rings. The van der Waals surface area contributed by atoms with Gasteiger partial charge in [0.1, 0.15) is 11.2 Å². The average molecular weight is 338 g/mol. The molecule has 2 bridgehead atoms. The van der Waals surface area contributed by atoms with Crippen LogP contribution in [0, 0.1) is 11.8 Å². The normalized spacial score (nSPS) is 29.2. The lowest BCUT2D eigenvalue weighted by atomic mass is 9.54. The van der Waals surface area contributed by atoms with Gasteiger partial charge in [-0.3, -0.25) is 4.79 Å². The van der Waals surface area contributed by atoms with Crippen molar-refractivity contribution >= 4 is 5.97 Å². The monoisotopic (exact) mass is 338 g/mol. The fourth-order valence-corrected chi connectivity index (χ4v) is 4.28. The van der Waals surface area contributed by atoms with E-state index in [0.29, 0.717) is 28.9 Å². The van der Waals surface area contributed by atoms with Gasteiger partial charge >= 0.3 is 5.97 Å². The Bertz CT molecular complexity index is 792. The zero-order valence-electron chi connectivity index (χ0n) is 14.4. The lowest BCUT2D eigenvalue weighted by Gasteiger charge is -2.53. The van der Waals surface area contributed by atoms with Crippen LogP contribution in [0.3, 0.4) is 0 Å². The van der Waals surface area contributed by atoms with Gasteiger partial charge in [-0.1, -0.05) is 62.4 Å². The van der Waals surface area contributed by atoms with E-state index < -0.39 is 23.1 Å². The number of esters is 1. The molecule has 0 heterocycles. The second-order valence-electron chi connectivity index (χ2n) is 7.50. The van der Waals surface area contributed by atoms with Crippen molar-refractivity contribution in [1.29, 1.82) is 0 Å². The van der Waals surface area contributed by atoms with Gasteiger partial charge in [0.2, 0.25) is 0 Å². The molecule has 0 aromatic heterocycles. The third-order valence-corrected chi connectivity index (χ3v) is 5.41. The number of ether oxygens (including phenoxy) is 1. The number of hydrogen-bond acceptors (Lipinski definition) is 4. The van der Waals surface area contributed by atoms with Crippen LogP contribution in [0.25, 0.3) is 0 Å². The van der Waals surface area contributed by atoms with E-state index in [2.05, 4.69) is 0 Å². The van der Waals surface area contributed by atoms with Gasteiger partial charge in [-0.25, -0.2) is 0 Å². The van der Waals surface area contributed by atoms with Gasteiger partial charge in [-0.2, -0.15) is 0 Å². The molecule has 3 aliphatic carbocycles. The van der Waals surface area contributed by atoms with E-state index >= 15 is 0 Å². The SMILES string of the molecule is CC(C)COC(=O)C1CC2(O)c3ccccc3C1(O)c1ccccc12. The summed E-state index contributed by atoms with van der Waals surface area (Å²) in [5.74, 6) is -1.08. The Morgan fingerprint density at radius 2 is 1.52 bits per heavy atom. The van der Waals surface area contributed by atoms with E-state index in [1.54, 1.807) is 12.1 Å². The van der Waals surface area contributed by atoms with Gasteiger partial charge in [0.15, 0.2) is 0 Å². The van der Waals surface area contributed by atoms with Crippen molar-refractivity contribution in [3.63, 3.8) is 0 Å². The van der Waals surface area contributed by atoms with Gasteiger partial charge in [0.25, 0.3) is 0 Å². The first-order valence-corrected chi connectivity index (χ1v) is 8.70. The highest BCUT2D eigenvalue weighted by Gasteiger charge is 2.62. The second kappa shape index (κ2) is 5.41. The molecule has 2 N–H and O–H groups in total. The standard InChI is InChI=1S/C21H22O4/c1-13(2)12-25-19(22)18-11-20(23)14-7-3-5-9-16(14)21(18,24)17-10-6-4-8-15(17)20/h3-10,13,18,23-24H,11-12H2,1-2H3. The predicted molar refractivity (Wildman–Crippen MR) is 92.8 cm³/mol. The minimum absolute atomic E-state index is 0.119. The maximum absolute atomic E-state index is 12.8. The summed E-state index contributed by atoms with van der Waals surface area (Å²) in [5.41, 5.74) is -0.249. The van der Waals surface area contributed by atoms with Gasteiger partial charge in [-0.05, 0) is 28.2 Å². The van der Waals surface area contributed by atoms with Crippen LogP contribution in [0.1, 0.15) is 42.5 Å². The van der Waals surface area contributed by atoms with E-state index in [1.165, 1.54) is 0 Å². The highest BCUT2D eigenvalue weighted by molar-refractivity contribution is 5.79. The summed E-state index contributed by atoms with van der Waals surface area (Å²) >= 11 is 0. The van der Waals surface area contributed by atoms with Crippen molar-refractivity contribution in [2.45, 2.75) is 31.5 Å². The van der Waals surface area contributed by atoms with Crippen LogP contribution in [-0.4, -0.2) is 22.8 Å². The number of rotatable bonds is 3. The summed E-state index contributed by atoms with van der Waals surface area (Å²) in [6.07, 6.45) is 0.119. The minimum Gasteiger partial charge on any atom is -0.465 e.